The second kappa shape index (κ2) is 4.00. The zero-order valence-electron chi connectivity index (χ0n) is 7.11. The van der Waals surface area contributed by atoms with Gasteiger partial charge in [-0.25, -0.2) is 0 Å². The molecule has 0 fully saturated rings. The van der Waals surface area contributed by atoms with Crippen molar-refractivity contribution in [3.8, 4) is 0 Å². The van der Waals surface area contributed by atoms with Gasteiger partial charge in [0, 0.05) is 18.3 Å². The summed E-state index contributed by atoms with van der Waals surface area (Å²) in [6.45, 7) is 3.46. The minimum Gasteiger partial charge on any atom is -0.264 e. The minimum atomic E-state index is -4.42. The van der Waals surface area contributed by atoms with E-state index in [1.807, 2.05) is 0 Å². The predicted molar refractivity (Wildman–Crippen MR) is 49.0 cm³/mol. The molecule has 0 amide bonds. The number of halogens is 4. The Morgan fingerprint density at radius 2 is 2.14 bits per heavy atom. The maximum Gasteiger partial charge on any atom is 0.418 e. The van der Waals surface area contributed by atoms with Gasteiger partial charge in [0.2, 0.25) is 0 Å². The van der Waals surface area contributed by atoms with Crippen molar-refractivity contribution in [2.45, 2.75) is 6.18 Å². The first-order valence-electron chi connectivity index (χ1n) is 3.72. The van der Waals surface area contributed by atoms with Crippen LogP contribution < -0.4 is 0 Å². The first kappa shape index (κ1) is 11.0. The van der Waals surface area contributed by atoms with E-state index >= 15 is 0 Å². The van der Waals surface area contributed by atoms with E-state index < -0.39 is 11.7 Å². The monoisotopic (exact) mass is 221 g/mol. The van der Waals surface area contributed by atoms with Crippen LogP contribution in [0.25, 0.3) is 5.57 Å². The maximum absolute atomic E-state index is 12.4. The Hall–Kier alpha value is -1.03. The molecule has 0 saturated heterocycles. The lowest BCUT2D eigenvalue weighted by atomic mass is 10.0. The summed E-state index contributed by atoms with van der Waals surface area (Å²) < 4.78 is 37.3. The predicted octanol–water partition coefficient (Wildman–Crippen LogP) is 3.35. The third-order valence-corrected chi connectivity index (χ3v) is 1.99. The summed E-state index contributed by atoms with van der Waals surface area (Å²) in [5.74, 6) is -0.0346. The molecule has 0 aromatic carbocycles. The molecule has 1 rings (SSSR count). The van der Waals surface area contributed by atoms with Crippen LogP contribution in [0.2, 0.25) is 0 Å². The van der Waals surface area contributed by atoms with E-state index in [0.717, 1.165) is 6.20 Å². The van der Waals surface area contributed by atoms with E-state index in [1.54, 1.807) is 0 Å². The van der Waals surface area contributed by atoms with E-state index in [4.69, 9.17) is 11.6 Å². The lowest BCUT2D eigenvalue weighted by Crippen LogP contribution is -2.09. The highest BCUT2D eigenvalue weighted by molar-refractivity contribution is 6.23. The van der Waals surface area contributed by atoms with Gasteiger partial charge >= 0.3 is 6.18 Å². The van der Waals surface area contributed by atoms with Gasteiger partial charge in [0.1, 0.15) is 0 Å². The van der Waals surface area contributed by atoms with Gasteiger partial charge in [-0.3, -0.25) is 4.98 Å². The highest BCUT2D eigenvalue weighted by Gasteiger charge is 2.33. The van der Waals surface area contributed by atoms with Crippen LogP contribution in [0.15, 0.2) is 25.0 Å². The zero-order valence-corrected chi connectivity index (χ0v) is 7.86. The largest absolute Gasteiger partial charge is 0.418 e. The zero-order chi connectivity index (χ0) is 10.8. The van der Waals surface area contributed by atoms with Gasteiger partial charge in [-0.05, 0) is 17.2 Å². The van der Waals surface area contributed by atoms with Gasteiger partial charge in [-0.1, -0.05) is 6.58 Å². The molecule has 14 heavy (non-hydrogen) atoms. The van der Waals surface area contributed by atoms with E-state index in [-0.39, 0.29) is 17.0 Å². The lowest BCUT2D eigenvalue weighted by Gasteiger charge is -2.12. The van der Waals surface area contributed by atoms with Gasteiger partial charge < -0.3 is 0 Å². The molecule has 1 aromatic heterocycles. The van der Waals surface area contributed by atoms with Crippen molar-refractivity contribution in [2.24, 2.45) is 0 Å². The summed E-state index contributed by atoms with van der Waals surface area (Å²) in [6, 6.07) is 1.26. The fraction of sp³-hybridized carbons (Fsp3) is 0.222. The number of alkyl halides is 4. The number of nitrogens with zero attached hydrogens (tertiary/aromatic N) is 1. The summed E-state index contributed by atoms with van der Waals surface area (Å²) in [6.07, 6.45) is -2.37. The van der Waals surface area contributed by atoms with E-state index in [9.17, 15) is 13.2 Å². The molecule has 5 heteroatoms. The van der Waals surface area contributed by atoms with Crippen molar-refractivity contribution in [2.75, 3.05) is 5.88 Å². The first-order valence-corrected chi connectivity index (χ1v) is 4.25. The third kappa shape index (κ3) is 2.26. The Morgan fingerprint density at radius 1 is 1.50 bits per heavy atom. The standard InChI is InChI=1S/C9H7ClF3N/c1-6(4-10)7-2-3-14-5-8(7)9(11,12)13/h2-3,5H,1,4H2. The molecule has 0 spiro atoms. The van der Waals surface area contributed by atoms with Crippen LogP contribution in [-0.4, -0.2) is 10.9 Å². The second-order valence-corrected chi connectivity index (χ2v) is 2.92. The Labute approximate surface area is 84.2 Å². The summed E-state index contributed by atoms with van der Waals surface area (Å²) in [4.78, 5) is 3.42. The summed E-state index contributed by atoms with van der Waals surface area (Å²) in [5, 5.41) is 0. The average Bonchev–Trinajstić information content (AvgIpc) is 2.15. The van der Waals surface area contributed by atoms with Crippen LogP contribution >= 0.6 is 11.6 Å². The van der Waals surface area contributed by atoms with Crippen LogP contribution in [0.3, 0.4) is 0 Å². The van der Waals surface area contributed by atoms with E-state index in [0.29, 0.717) is 0 Å². The number of hydrogen-bond acceptors (Lipinski definition) is 1. The van der Waals surface area contributed by atoms with E-state index in [1.165, 1.54) is 12.3 Å². The van der Waals surface area contributed by atoms with Crippen molar-refractivity contribution < 1.29 is 13.2 Å². The lowest BCUT2D eigenvalue weighted by molar-refractivity contribution is -0.138. The summed E-state index contributed by atoms with van der Waals surface area (Å²) in [5.41, 5.74) is -0.561. The molecule has 0 saturated carbocycles. The molecule has 0 N–H and O–H groups in total. The molecule has 76 valence electrons. The number of rotatable bonds is 2. The number of aromatic nitrogens is 1. The fourth-order valence-electron chi connectivity index (χ4n) is 1.00. The second-order valence-electron chi connectivity index (χ2n) is 2.66. The van der Waals surface area contributed by atoms with Crippen LogP contribution in [0.1, 0.15) is 11.1 Å². The average molecular weight is 222 g/mol. The number of pyridine rings is 1. The minimum absolute atomic E-state index is 0.00231. The van der Waals surface area contributed by atoms with Crippen LogP contribution in [0, 0.1) is 0 Å². The summed E-state index contributed by atoms with van der Waals surface area (Å²) in [7, 11) is 0. The number of hydrogen-bond donors (Lipinski definition) is 0. The Morgan fingerprint density at radius 3 is 2.64 bits per heavy atom. The molecule has 0 aliphatic heterocycles. The molecule has 0 bridgehead atoms. The van der Waals surface area contributed by atoms with Gasteiger partial charge in [-0.15, -0.1) is 11.6 Å². The van der Waals surface area contributed by atoms with Crippen molar-refractivity contribution in [3.05, 3.63) is 36.2 Å². The van der Waals surface area contributed by atoms with Crippen molar-refractivity contribution in [1.82, 2.24) is 4.98 Å². The normalized spacial score (nSPS) is 11.4. The molecule has 1 aromatic rings. The highest BCUT2D eigenvalue weighted by Crippen LogP contribution is 2.33. The molecule has 0 aliphatic rings. The van der Waals surface area contributed by atoms with Crippen molar-refractivity contribution >= 4 is 17.2 Å². The molecule has 0 unspecified atom stereocenters. The maximum atomic E-state index is 12.4. The fourth-order valence-corrected chi connectivity index (χ4v) is 1.14. The van der Waals surface area contributed by atoms with Crippen LogP contribution in [0.5, 0.6) is 0 Å². The van der Waals surface area contributed by atoms with Gasteiger partial charge in [-0.2, -0.15) is 13.2 Å². The molecule has 0 aliphatic carbocycles. The number of allylic oxidation sites excluding steroid dienone is 1. The Bertz CT molecular complexity index is 346. The van der Waals surface area contributed by atoms with Gasteiger partial charge in [0.15, 0.2) is 0 Å². The van der Waals surface area contributed by atoms with Gasteiger partial charge in [0.25, 0.3) is 0 Å². The highest BCUT2D eigenvalue weighted by atomic mass is 35.5. The Kier molecular flexibility index (Phi) is 3.16. The van der Waals surface area contributed by atoms with E-state index in [2.05, 4.69) is 11.6 Å². The van der Waals surface area contributed by atoms with Crippen molar-refractivity contribution in [1.29, 1.82) is 0 Å². The summed E-state index contributed by atoms with van der Waals surface area (Å²) >= 11 is 5.42. The van der Waals surface area contributed by atoms with Gasteiger partial charge in [0.05, 0.1) is 5.56 Å². The molecular weight excluding hydrogens is 215 g/mol. The third-order valence-electron chi connectivity index (χ3n) is 1.67. The smallest absolute Gasteiger partial charge is 0.264 e. The van der Waals surface area contributed by atoms with Crippen LogP contribution in [0.4, 0.5) is 13.2 Å². The van der Waals surface area contributed by atoms with Crippen LogP contribution in [-0.2, 0) is 6.18 Å². The topological polar surface area (TPSA) is 12.9 Å². The molecule has 1 heterocycles. The molecule has 1 nitrogen and oxygen atoms in total. The molecule has 0 atom stereocenters. The van der Waals surface area contributed by atoms with Crippen molar-refractivity contribution in [3.63, 3.8) is 0 Å². The molecular formula is C9H7ClF3N. The quantitative estimate of drug-likeness (QED) is 0.698. The Balaban J connectivity index is 3.23. The SMILES string of the molecule is C=C(CCl)c1ccncc1C(F)(F)F. The first-order chi connectivity index (χ1) is 6.46. The molecule has 0 radical (unpaired) electrons.